The van der Waals surface area contributed by atoms with Gasteiger partial charge in [0.15, 0.2) is 0 Å². The molecule has 3 rings (SSSR count). The molecule has 4 nitrogen and oxygen atoms in total. The van der Waals surface area contributed by atoms with E-state index in [9.17, 15) is 5.11 Å². The van der Waals surface area contributed by atoms with Gasteiger partial charge in [0.05, 0.1) is 0 Å². The Bertz CT molecular complexity index is 505. The molecule has 1 aromatic carbocycles. The summed E-state index contributed by atoms with van der Waals surface area (Å²) in [7, 11) is 2.26. The van der Waals surface area contributed by atoms with Crippen LogP contribution < -0.4 is 4.74 Å². The van der Waals surface area contributed by atoms with Crippen LogP contribution in [0.5, 0.6) is 5.75 Å². The highest BCUT2D eigenvalue weighted by Gasteiger charge is 2.34. The number of ether oxygens (including phenoxy) is 1. The van der Waals surface area contributed by atoms with E-state index in [4.69, 9.17) is 4.74 Å². The average molecular weight is 332 g/mol. The van der Waals surface area contributed by atoms with Crippen molar-refractivity contribution in [2.45, 2.75) is 44.8 Å². The van der Waals surface area contributed by atoms with Crippen molar-refractivity contribution in [1.82, 2.24) is 9.80 Å². The predicted octanol–water partition coefficient (Wildman–Crippen LogP) is 2.40. The van der Waals surface area contributed by atoms with Crippen molar-refractivity contribution in [3.8, 4) is 5.75 Å². The van der Waals surface area contributed by atoms with E-state index in [1.165, 1.54) is 31.4 Å². The van der Waals surface area contributed by atoms with Gasteiger partial charge in [-0.3, -0.25) is 0 Å². The maximum atomic E-state index is 10.3. The van der Waals surface area contributed by atoms with Gasteiger partial charge >= 0.3 is 0 Å². The normalized spacial score (nSPS) is 26.8. The van der Waals surface area contributed by atoms with E-state index in [1.54, 1.807) is 0 Å². The largest absolute Gasteiger partial charge is 0.491 e. The van der Waals surface area contributed by atoms with Gasteiger partial charge in [0.1, 0.15) is 18.5 Å². The third-order valence-electron chi connectivity index (χ3n) is 5.67. The Kier molecular flexibility index (Phi) is 6.14. The maximum absolute atomic E-state index is 10.3. The van der Waals surface area contributed by atoms with Gasteiger partial charge in [-0.1, -0.05) is 19.1 Å². The van der Waals surface area contributed by atoms with Gasteiger partial charge in [-0.15, -0.1) is 0 Å². The predicted molar refractivity (Wildman–Crippen MR) is 97.5 cm³/mol. The second-order valence-corrected chi connectivity index (χ2v) is 7.46. The van der Waals surface area contributed by atoms with Gasteiger partial charge in [-0.25, -0.2) is 0 Å². The fourth-order valence-electron chi connectivity index (χ4n) is 4.26. The van der Waals surface area contributed by atoms with E-state index in [2.05, 4.69) is 35.9 Å². The van der Waals surface area contributed by atoms with E-state index >= 15 is 0 Å². The second-order valence-electron chi connectivity index (χ2n) is 7.46. The van der Waals surface area contributed by atoms with Crippen LogP contribution in [0.1, 0.15) is 31.7 Å². The quantitative estimate of drug-likeness (QED) is 0.868. The highest BCUT2D eigenvalue weighted by atomic mass is 16.5. The van der Waals surface area contributed by atoms with Gasteiger partial charge in [0.25, 0.3) is 0 Å². The molecule has 2 aliphatic heterocycles. The molecule has 3 atom stereocenters. The minimum absolute atomic E-state index is 0.371. The second kappa shape index (κ2) is 8.32. The summed E-state index contributed by atoms with van der Waals surface area (Å²) in [5.74, 6) is 1.62. The number of hydrogen-bond donors (Lipinski definition) is 1. The van der Waals surface area contributed by atoms with E-state index in [0.717, 1.165) is 43.8 Å². The number of aliphatic hydroxyl groups is 1. The Labute approximate surface area is 146 Å². The summed E-state index contributed by atoms with van der Waals surface area (Å²) >= 11 is 0. The molecular weight excluding hydrogens is 300 g/mol. The number of rotatable bonds is 6. The molecule has 4 heteroatoms. The first-order chi connectivity index (χ1) is 11.7. The number of benzene rings is 1. The standard InChI is InChI=1S/C20H32N2O2/c1-3-16-6-8-19(9-7-16)24-15-18(23)14-22-12-10-20-17(13-22)5-4-11-21(20)2/h6-9,17-18,20,23H,3-5,10-15H2,1-2H3. The number of fused-ring (bicyclic) bond motifs is 1. The molecule has 2 aliphatic rings. The first-order valence-corrected chi connectivity index (χ1v) is 9.48. The minimum atomic E-state index is -0.422. The number of β-amino-alcohol motifs (C(OH)–C–C–N with tert-alkyl or cyclic N) is 1. The van der Waals surface area contributed by atoms with Crippen LogP contribution in [0.4, 0.5) is 0 Å². The summed E-state index contributed by atoms with van der Waals surface area (Å²) in [5, 5.41) is 10.3. The maximum Gasteiger partial charge on any atom is 0.119 e. The van der Waals surface area contributed by atoms with E-state index < -0.39 is 6.10 Å². The zero-order valence-electron chi connectivity index (χ0n) is 15.2. The zero-order valence-corrected chi connectivity index (χ0v) is 15.2. The number of nitrogens with zero attached hydrogens (tertiary/aromatic N) is 2. The smallest absolute Gasteiger partial charge is 0.119 e. The van der Waals surface area contributed by atoms with Gasteiger partial charge in [0, 0.05) is 19.1 Å². The molecule has 0 amide bonds. The van der Waals surface area contributed by atoms with Crippen LogP contribution in [0.2, 0.25) is 0 Å². The van der Waals surface area contributed by atoms with Crippen LogP contribution in [0.25, 0.3) is 0 Å². The number of hydrogen-bond acceptors (Lipinski definition) is 4. The highest BCUT2D eigenvalue weighted by molar-refractivity contribution is 5.27. The first kappa shape index (κ1) is 17.7. The minimum Gasteiger partial charge on any atom is -0.491 e. The Morgan fingerprint density at radius 3 is 2.75 bits per heavy atom. The SMILES string of the molecule is CCc1ccc(OCC(O)CN2CCC3C(CCCN3C)C2)cc1. The van der Waals surface area contributed by atoms with Gasteiger partial charge in [0.2, 0.25) is 0 Å². The number of likely N-dealkylation sites (tertiary alicyclic amines) is 2. The van der Waals surface area contributed by atoms with Crippen LogP contribution in [-0.4, -0.2) is 66.9 Å². The Hall–Kier alpha value is -1.10. The molecule has 2 fully saturated rings. The fourth-order valence-corrected chi connectivity index (χ4v) is 4.26. The molecule has 1 aromatic rings. The lowest BCUT2D eigenvalue weighted by Crippen LogP contribution is -2.54. The third-order valence-corrected chi connectivity index (χ3v) is 5.67. The molecule has 0 aliphatic carbocycles. The van der Waals surface area contributed by atoms with Crippen molar-refractivity contribution >= 4 is 0 Å². The molecule has 2 saturated heterocycles. The lowest BCUT2D eigenvalue weighted by atomic mass is 9.84. The van der Waals surface area contributed by atoms with Crippen LogP contribution in [0, 0.1) is 5.92 Å². The fraction of sp³-hybridized carbons (Fsp3) is 0.700. The lowest BCUT2D eigenvalue weighted by Gasteiger charge is -2.46. The van der Waals surface area contributed by atoms with E-state index in [0.29, 0.717) is 6.61 Å². The summed E-state index contributed by atoms with van der Waals surface area (Å²) in [5.41, 5.74) is 1.31. The highest BCUT2D eigenvalue weighted by Crippen LogP contribution is 2.29. The first-order valence-electron chi connectivity index (χ1n) is 9.48. The van der Waals surface area contributed by atoms with Crippen molar-refractivity contribution in [3.05, 3.63) is 29.8 Å². The topological polar surface area (TPSA) is 35.9 Å². The molecule has 134 valence electrons. The third kappa shape index (κ3) is 4.50. The summed E-state index contributed by atoms with van der Waals surface area (Å²) in [6.45, 7) is 6.70. The van der Waals surface area contributed by atoms with Crippen LogP contribution >= 0.6 is 0 Å². The molecule has 2 heterocycles. The van der Waals surface area contributed by atoms with Crippen LogP contribution in [-0.2, 0) is 6.42 Å². The summed E-state index contributed by atoms with van der Waals surface area (Å²) < 4.78 is 5.75. The number of piperidine rings is 2. The lowest BCUT2D eigenvalue weighted by molar-refractivity contribution is 0.00795. The van der Waals surface area contributed by atoms with Crippen molar-refractivity contribution in [2.75, 3.05) is 39.8 Å². The molecule has 3 unspecified atom stereocenters. The molecule has 0 bridgehead atoms. The van der Waals surface area contributed by atoms with Crippen molar-refractivity contribution in [2.24, 2.45) is 5.92 Å². The number of aryl methyl sites for hydroxylation is 1. The van der Waals surface area contributed by atoms with Crippen LogP contribution in [0.15, 0.2) is 24.3 Å². The van der Waals surface area contributed by atoms with Crippen molar-refractivity contribution < 1.29 is 9.84 Å². The summed E-state index contributed by atoms with van der Waals surface area (Å²) in [6.07, 6.45) is 4.49. The van der Waals surface area contributed by atoms with Crippen LogP contribution in [0.3, 0.4) is 0 Å². The van der Waals surface area contributed by atoms with Gasteiger partial charge in [-0.2, -0.15) is 0 Å². The van der Waals surface area contributed by atoms with E-state index in [-0.39, 0.29) is 0 Å². The molecular formula is C20H32N2O2. The zero-order chi connectivity index (χ0) is 16.9. The average Bonchev–Trinajstić information content (AvgIpc) is 2.60. The molecule has 0 radical (unpaired) electrons. The van der Waals surface area contributed by atoms with Crippen molar-refractivity contribution in [1.29, 1.82) is 0 Å². The Balaban J connectivity index is 1.42. The molecule has 1 N–H and O–H groups in total. The summed E-state index contributed by atoms with van der Waals surface area (Å²) in [4.78, 5) is 4.96. The monoisotopic (exact) mass is 332 g/mol. The van der Waals surface area contributed by atoms with Gasteiger partial charge < -0.3 is 19.6 Å². The van der Waals surface area contributed by atoms with Gasteiger partial charge in [-0.05, 0) is 69.4 Å². The molecule has 0 spiro atoms. The molecule has 0 saturated carbocycles. The molecule has 24 heavy (non-hydrogen) atoms. The summed E-state index contributed by atoms with van der Waals surface area (Å²) in [6, 6.07) is 8.92. The van der Waals surface area contributed by atoms with E-state index in [1.807, 2.05) is 12.1 Å². The number of aliphatic hydroxyl groups excluding tert-OH is 1. The van der Waals surface area contributed by atoms with Crippen molar-refractivity contribution in [3.63, 3.8) is 0 Å². The Morgan fingerprint density at radius 2 is 2.00 bits per heavy atom. The Morgan fingerprint density at radius 1 is 1.21 bits per heavy atom. The molecule has 0 aromatic heterocycles.